The molecule has 5 heteroatoms. The largest absolute Gasteiger partial charge is 0.313 e. The van der Waals surface area contributed by atoms with Crippen LogP contribution in [-0.4, -0.2) is 20.2 Å². The van der Waals surface area contributed by atoms with Gasteiger partial charge in [0.2, 0.25) is 5.78 Å². The maximum absolute atomic E-state index is 12.7. The Morgan fingerprint density at radius 3 is 2.68 bits per heavy atom. The number of carbonyl (C=O) groups is 1. The maximum atomic E-state index is 12.7. The Balaban J connectivity index is 2.04. The highest BCUT2D eigenvalue weighted by atomic mass is 16.1. The Hall–Kier alpha value is -3.21. The molecule has 0 radical (unpaired) electrons. The molecule has 0 aliphatic rings. The van der Waals surface area contributed by atoms with Crippen LogP contribution < -0.4 is 5.56 Å². The zero-order valence-electron chi connectivity index (χ0n) is 11.5. The summed E-state index contributed by atoms with van der Waals surface area (Å²) in [6, 6.07) is 14.4. The zero-order chi connectivity index (χ0) is 15.1. The van der Waals surface area contributed by atoms with E-state index in [2.05, 4.69) is 9.97 Å². The summed E-state index contributed by atoms with van der Waals surface area (Å²) in [6.45, 7) is 0. The van der Waals surface area contributed by atoms with Crippen molar-refractivity contribution in [3.63, 3.8) is 0 Å². The van der Waals surface area contributed by atoms with Gasteiger partial charge < -0.3 is 9.38 Å². The number of nitrogens with zero attached hydrogens (tertiary/aromatic N) is 2. The van der Waals surface area contributed by atoms with E-state index in [9.17, 15) is 9.59 Å². The summed E-state index contributed by atoms with van der Waals surface area (Å²) in [6.07, 6.45) is 3.08. The maximum Gasteiger partial charge on any atom is 0.260 e. The molecule has 22 heavy (non-hydrogen) atoms. The first-order valence-electron chi connectivity index (χ1n) is 6.83. The second-order valence-electron chi connectivity index (χ2n) is 4.98. The quantitative estimate of drug-likeness (QED) is 0.576. The van der Waals surface area contributed by atoms with Crippen LogP contribution in [0.15, 0.2) is 65.8 Å². The molecule has 0 aliphatic carbocycles. The van der Waals surface area contributed by atoms with Crippen LogP contribution in [0.3, 0.4) is 0 Å². The van der Waals surface area contributed by atoms with Crippen LogP contribution in [0.25, 0.3) is 16.4 Å². The van der Waals surface area contributed by atoms with Crippen LogP contribution in [-0.2, 0) is 0 Å². The summed E-state index contributed by atoms with van der Waals surface area (Å²) in [4.78, 5) is 31.4. The minimum Gasteiger partial charge on any atom is -0.313 e. The van der Waals surface area contributed by atoms with Gasteiger partial charge in [0.25, 0.3) is 5.56 Å². The monoisotopic (exact) mass is 289 g/mol. The van der Waals surface area contributed by atoms with Crippen molar-refractivity contribution in [1.82, 2.24) is 14.4 Å². The Bertz CT molecular complexity index is 1060. The summed E-state index contributed by atoms with van der Waals surface area (Å²) >= 11 is 0. The number of benzene rings is 1. The van der Waals surface area contributed by atoms with E-state index in [1.807, 2.05) is 18.2 Å². The number of carbonyl (C=O) groups excluding carboxylic acids is 1. The lowest BCUT2D eigenvalue weighted by molar-refractivity contribution is 0.103. The second kappa shape index (κ2) is 4.66. The number of H-pyrrole nitrogens is 1. The van der Waals surface area contributed by atoms with Crippen LogP contribution in [0.4, 0.5) is 0 Å². The third-order valence-corrected chi connectivity index (χ3v) is 3.69. The van der Waals surface area contributed by atoms with Crippen LogP contribution >= 0.6 is 0 Å². The number of ketones is 1. The molecule has 0 saturated carbocycles. The average Bonchev–Trinajstić information content (AvgIpc) is 2.95. The van der Waals surface area contributed by atoms with Crippen molar-refractivity contribution >= 4 is 22.2 Å². The molecule has 0 unspecified atom stereocenters. The smallest absolute Gasteiger partial charge is 0.260 e. The fourth-order valence-corrected chi connectivity index (χ4v) is 2.67. The summed E-state index contributed by atoms with van der Waals surface area (Å²) in [5, 5.41) is 0.491. The van der Waals surface area contributed by atoms with Crippen molar-refractivity contribution in [3.05, 3.63) is 82.7 Å². The van der Waals surface area contributed by atoms with Crippen molar-refractivity contribution in [3.8, 4) is 0 Å². The predicted molar refractivity (Wildman–Crippen MR) is 83.2 cm³/mol. The molecule has 1 N–H and O–H groups in total. The van der Waals surface area contributed by atoms with Gasteiger partial charge in [-0.3, -0.25) is 9.59 Å². The van der Waals surface area contributed by atoms with E-state index in [0.717, 1.165) is 0 Å². The highest BCUT2D eigenvalue weighted by Crippen LogP contribution is 2.20. The topological polar surface area (TPSA) is 67.2 Å². The van der Waals surface area contributed by atoms with Crippen LogP contribution in [0.1, 0.15) is 16.1 Å². The van der Waals surface area contributed by atoms with Crippen molar-refractivity contribution in [2.24, 2.45) is 0 Å². The van der Waals surface area contributed by atoms with Crippen molar-refractivity contribution in [2.45, 2.75) is 0 Å². The molecule has 4 rings (SSSR count). The number of hydrogen-bond acceptors (Lipinski definition) is 3. The Morgan fingerprint density at radius 2 is 1.86 bits per heavy atom. The number of fused-ring (bicyclic) bond motifs is 3. The average molecular weight is 289 g/mol. The Kier molecular flexibility index (Phi) is 2.66. The highest BCUT2D eigenvalue weighted by molar-refractivity contribution is 6.09. The molecule has 0 atom stereocenters. The molecule has 106 valence electrons. The SMILES string of the molecule is O=C(c1ccccc1)c1cccc2c3c(=O)[nH]cnc3cn12. The Morgan fingerprint density at radius 1 is 1.05 bits per heavy atom. The first-order valence-corrected chi connectivity index (χ1v) is 6.83. The normalized spacial score (nSPS) is 11.1. The molecule has 0 fully saturated rings. The van der Waals surface area contributed by atoms with Gasteiger partial charge in [-0.15, -0.1) is 0 Å². The zero-order valence-corrected chi connectivity index (χ0v) is 11.5. The van der Waals surface area contributed by atoms with Crippen LogP contribution in [0.5, 0.6) is 0 Å². The summed E-state index contributed by atoms with van der Waals surface area (Å²) in [7, 11) is 0. The molecule has 1 aromatic carbocycles. The number of rotatable bonds is 2. The number of aromatic nitrogens is 3. The van der Waals surface area contributed by atoms with E-state index in [1.54, 1.807) is 40.9 Å². The van der Waals surface area contributed by atoms with E-state index in [1.165, 1.54) is 6.33 Å². The third-order valence-electron chi connectivity index (χ3n) is 3.69. The predicted octanol–water partition coefficient (Wildman–Crippen LogP) is 2.41. The van der Waals surface area contributed by atoms with Gasteiger partial charge in [0.05, 0.1) is 28.4 Å². The lowest BCUT2D eigenvalue weighted by Gasteiger charge is -2.05. The summed E-state index contributed by atoms with van der Waals surface area (Å²) < 4.78 is 1.72. The standard InChI is InChI=1S/C17H11N3O2/c21-16(11-5-2-1-3-6-11)14-8-4-7-13-15-12(9-20(13)14)18-10-19-17(15)22/h1-10H,(H,18,19,22). The fraction of sp³-hybridized carbons (Fsp3) is 0. The van der Waals surface area contributed by atoms with E-state index < -0.39 is 0 Å². The van der Waals surface area contributed by atoms with Gasteiger partial charge in [-0.05, 0) is 12.1 Å². The van der Waals surface area contributed by atoms with E-state index in [4.69, 9.17) is 0 Å². The lowest BCUT2D eigenvalue weighted by Crippen LogP contribution is -2.07. The van der Waals surface area contributed by atoms with E-state index >= 15 is 0 Å². The highest BCUT2D eigenvalue weighted by Gasteiger charge is 2.15. The first kappa shape index (κ1) is 12.5. The molecule has 5 nitrogen and oxygen atoms in total. The minimum atomic E-state index is -0.211. The summed E-state index contributed by atoms with van der Waals surface area (Å²) in [5.74, 6) is -0.0945. The van der Waals surface area contributed by atoms with Crippen molar-refractivity contribution in [1.29, 1.82) is 0 Å². The van der Waals surface area contributed by atoms with Crippen molar-refractivity contribution in [2.75, 3.05) is 0 Å². The number of nitrogens with one attached hydrogen (secondary N) is 1. The molecule has 3 aromatic heterocycles. The van der Waals surface area contributed by atoms with Gasteiger partial charge in [0.1, 0.15) is 0 Å². The third kappa shape index (κ3) is 1.76. The van der Waals surface area contributed by atoms with Gasteiger partial charge >= 0.3 is 0 Å². The molecular weight excluding hydrogens is 278 g/mol. The lowest BCUT2D eigenvalue weighted by atomic mass is 10.1. The molecule has 0 aliphatic heterocycles. The van der Waals surface area contributed by atoms with Gasteiger partial charge in [-0.1, -0.05) is 36.4 Å². The first-order chi connectivity index (χ1) is 10.8. The van der Waals surface area contributed by atoms with Crippen LogP contribution in [0.2, 0.25) is 0 Å². The van der Waals surface area contributed by atoms with E-state index in [0.29, 0.717) is 27.7 Å². The van der Waals surface area contributed by atoms with Gasteiger partial charge in [-0.2, -0.15) is 0 Å². The molecule has 0 spiro atoms. The molecule has 4 aromatic rings. The Labute approximate surface area is 124 Å². The number of aromatic amines is 1. The van der Waals surface area contributed by atoms with Crippen molar-refractivity contribution < 1.29 is 4.79 Å². The van der Waals surface area contributed by atoms with E-state index in [-0.39, 0.29) is 11.3 Å². The molecular formula is C17H11N3O2. The molecule has 0 saturated heterocycles. The molecule has 0 bridgehead atoms. The van der Waals surface area contributed by atoms with Crippen LogP contribution in [0, 0.1) is 0 Å². The van der Waals surface area contributed by atoms with Gasteiger partial charge in [-0.25, -0.2) is 4.98 Å². The molecule has 3 heterocycles. The van der Waals surface area contributed by atoms with Gasteiger partial charge in [0.15, 0.2) is 0 Å². The van der Waals surface area contributed by atoms with Gasteiger partial charge in [0, 0.05) is 11.8 Å². The second-order valence-corrected chi connectivity index (χ2v) is 4.98. The minimum absolute atomic E-state index is 0.0945. The fourth-order valence-electron chi connectivity index (χ4n) is 2.67. The number of hydrogen-bond donors (Lipinski definition) is 1. The number of pyridine rings is 1. The summed E-state index contributed by atoms with van der Waals surface area (Å²) in [5.41, 5.74) is 2.13. The molecule has 0 amide bonds.